The topological polar surface area (TPSA) is 80.3 Å². The third-order valence-electron chi connectivity index (χ3n) is 5.47. The predicted octanol–water partition coefficient (Wildman–Crippen LogP) is 3.62. The second-order valence-electron chi connectivity index (χ2n) is 7.57. The minimum absolute atomic E-state index is 0.408. The van der Waals surface area contributed by atoms with Crippen molar-refractivity contribution < 1.29 is 9.50 Å². The summed E-state index contributed by atoms with van der Waals surface area (Å²) in [5, 5.41) is 23.3. The van der Waals surface area contributed by atoms with E-state index >= 15 is 0 Å². The highest BCUT2D eigenvalue weighted by molar-refractivity contribution is 6.34. The third kappa shape index (κ3) is 4.19. The van der Waals surface area contributed by atoms with Crippen LogP contribution in [0.15, 0.2) is 36.8 Å². The Kier molecular flexibility index (Phi) is 6.04. The van der Waals surface area contributed by atoms with Crippen LogP contribution >= 0.6 is 11.6 Å². The molecule has 0 bridgehead atoms. The number of pyridine rings is 2. The summed E-state index contributed by atoms with van der Waals surface area (Å²) in [4.78, 5) is 3.98. The molecule has 0 aliphatic carbocycles. The van der Waals surface area contributed by atoms with Crippen molar-refractivity contribution in [2.24, 2.45) is 7.05 Å². The van der Waals surface area contributed by atoms with E-state index in [1.54, 1.807) is 10.7 Å². The number of aryl methyl sites for hydroxylation is 2. The molecule has 162 valence electrons. The zero-order valence-electron chi connectivity index (χ0n) is 17.6. The van der Waals surface area contributed by atoms with Gasteiger partial charge in [-0.2, -0.15) is 10.2 Å². The molecule has 0 saturated heterocycles. The molecule has 0 spiro atoms. The fourth-order valence-corrected chi connectivity index (χ4v) is 4.11. The van der Waals surface area contributed by atoms with Crippen molar-refractivity contribution in [2.45, 2.75) is 32.4 Å². The number of rotatable bonds is 7. The molecular formula is C22H24ClFN6O. The van der Waals surface area contributed by atoms with Gasteiger partial charge in [0, 0.05) is 25.4 Å². The van der Waals surface area contributed by atoms with E-state index in [1.165, 1.54) is 12.1 Å². The summed E-state index contributed by atoms with van der Waals surface area (Å²) in [5.74, 6) is -0.431. The number of hydrogen-bond acceptors (Lipinski definition) is 5. The summed E-state index contributed by atoms with van der Waals surface area (Å²) in [5.41, 5.74) is 6.18. The Balaban J connectivity index is 1.69. The van der Waals surface area contributed by atoms with Crippen LogP contribution < -0.4 is 5.32 Å². The van der Waals surface area contributed by atoms with Gasteiger partial charge in [-0.05, 0) is 56.1 Å². The molecule has 4 aromatic heterocycles. The van der Waals surface area contributed by atoms with Gasteiger partial charge in [0.05, 0.1) is 46.1 Å². The second-order valence-corrected chi connectivity index (χ2v) is 7.98. The van der Waals surface area contributed by atoms with E-state index < -0.39 is 11.9 Å². The summed E-state index contributed by atoms with van der Waals surface area (Å²) in [7, 11) is 3.84. The smallest absolute Gasteiger partial charge is 0.141 e. The van der Waals surface area contributed by atoms with E-state index in [-0.39, 0.29) is 0 Å². The van der Waals surface area contributed by atoms with Crippen molar-refractivity contribution in [3.8, 4) is 11.3 Å². The number of nitrogens with zero attached hydrogens (tertiary/aromatic N) is 5. The number of nitrogens with one attached hydrogen (secondary N) is 1. The van der Waals surface area contributed by atoms with Crippen LogP contribution in [-0.2, 0) is 20.0 Å². The molecule has 4 heterocycles. The Morgan fingerprint density at radius 1 is 1.29 bits per heavy atom. The average Bonchev–Trinajstić information content (AvgIpc) is 3.27. The maximum Gasteiger partial charge on any atom is 0.141 e. The predicted molar refractivity (Wildman–Crippen MR) is 117 cm³/mol. The zero-order chi connectivity index (χ0) is 22.1. The van der Waals surface area contributed by atoms with Gasteiger partial charge in [0.15, 0.2) is 0 Å². The number of hydrogen-bond donors (Lipinski definition) is 2. The minimum atomic E-state index is -0.815. The van der Waals surface area contributed by atoms with Crippen LogP contribution in [0.3, 0.4) is 0 Å². The lowest BCUT2D eigenvalue weighted by Gasteiger charge is -2.12. The average molecular weight is 443 g/mol. The van der Waals surface area contributed by atoms with Crippen LogP contribution in [0.1, 0.15) is 35.0 Å². The zero-order valence-corrected chi connectivity index (χ0v) is 18.4. The van der Waals surface area contributed by atoms with Crippen LogP contribution in [0.25, 0.3) is 16.8 Å². The Morgan fingerprint density at radius 2 is 2.10 bits per heavy atom. The Hall–Kier alpha value is -2.81. The van der Waals surface area contributed by atoms with Gasteiger partial charge in [-0.25, -0.2) is 8.91 Å². The number of aliphatic hydroxyl groups is 1. The van der Waals surface area contributed by atoms with Crippen LogP contribution in [0, 0.1) is 12.7 Å². The van der Waals surface area contributed by atoms with Gasteiger partial charge in [0.1, 0.15) is 5.82 Å². The number of fused-ring (bicyclic) bond motifs is 1. The van der Waals surface area contributed by atoms with Crippen LogP contribution in [0.4, 0.5) is 4.39 Å². The van der Waals surface area contributed by atoms with Gasteiger partial charge < -0.3 is 10.4 Å². The molecule has 2 N–H and O–H groups in total. The van der Waals surface area contributed by atoms with Crippen LogP contribution in [0.5, 0.6) is 0 Å². The van der Waals surface area contributed by atoms with Crippen molar-refractivity contribution in [1.82, 2.24) is 29.7 Å². The van der Waals surface area contributed by atoms with Gasteiger partial charge in [-0.1, -0.05) is 11.6 Å². The van der Waals surface area contributed by atoms with Gasteiger partial charge >= 0.3 is 0 Å². The molecule has 4 rings (SSSR count). The lowest BCUT2D eigenvalue weighted by molar-refractivity contribution is 0.163. The fraction of sp³-hybridized carbons (Fsp3) is 0.318. The van der Waals surface area contributed by atoms with E-state index in [0.717, 1.165) is 46.3 Å². The molecule has 9 heteroatoms. The Morgan fingerprint density at radius 3 is 2.81 bits per heavy atom. The molecule has 31 heavy (non-hydrogen) atoms. The Labute approximate surface area is 184 Å². The summed E-state index contributed by atoms with van der Waals surface area (Å²) < 4.78 is 16.8. The molecule has 1 atom stereocenters. The largest absolute Gasteiger partial charge is 0.387 e. The monoisotopic (exact) mass is 442 g/mol. The van der Waals surface area contributed by atoms with E-state index in [1.807, 2.05) is 31.0 Å². The van der Waals surface area contributed by atoms with E-state index in [0.29, 0.717) is 23.6 Å². The Bertz CT molecular complexity index is 1220. The fourth-order valence-electron chi connectivity index (χ4n) is 3.86. The highest BCUT2D eigenvalue weighted by Gasteiger charge is 2.18. The summed E-state index contributed by atoms with van der Waals surface area (Å²) in [6.45, 7) is 2.77. The maximum absolute atomic E-state index is 13.1. The molecule has 4 aromatic rings. The first-order valence-electron chi connectivity index (χ1n) is 10.0. The first-order valence-corrected chi connectivity index (χ1v) is 10.4. The molecule has 0 fully saturated rings. The SMILES string of the molecule is CNCc1c(C)c(-c2cc(CCC(O)c3ccc(F)cn3)c3c(Cl)cnn3c2)nn1C. The molecule has 7 nitrogen and oxygen atoms in total. The van der Waals surface area contributed by atoms with Gasteiger partial charge in [-0.3, -0.25) is 9.67 Å². The van der Waals surface area contributed by atoms with Crippen molar-refractivity contribution in [3.63, 3.8) is 0 Å². The number of aliphatic hydroxyl groups excluding tert-OH is 1. The molecule has 0 radical (unpaired) electrons. The molecule has 0 saturated carbocycles. The third-order valence-corrected chi connectivity index (χ3v) is 5.75. The molecule has 0 aromatic carbocycles. The molecule has 0 amide bonds. The van der Waals surface area contributed by atoms with E-state index in [4.69, 9.17) is 16.7 Å². The number of aromatic nitrogens is 5. The minimum Gasteiger partial charge on any atom is -0.387 e. The molecule has 1 unspecified atom stereocenters. The first-order chi connectivity index (χ1) is 14.9. The summed E-state index contributed by atoms with van der Waals surface area (Å²) in [6, 6.07) is 4.84. The van der Waals surface area contributed by atoms with E-state index in [2.05, 4.69) is 22.3 Å². The highest BCUT2D eigenvalue weighted by Crippen LogP contribution is 2.31. The quantitative estimate of drug-likeness (QED) is 0.457. The lowest BCUT2D eigenvalue weighted by atomic mass is 10.0. The van der Waals surface area contributed by atoms with Crippen molar-refractivity contribution in [1.29, 1.82) is 0 Å². The second kappa shape index (κ2) is 8.74. The van der Waals surface area contributed by atoms with Gasteiger partial charge in [0.2, 0.25) is 0 Å². The van der Waals surface area contributed by atoms with Crippen molar-refractivity contribution in [2.75, 3.05) is 7.05 Å². The molecular weight excluding hydrogens is 419 g/mol. The molecule has 0 aliphatic rings. The summed E-state index contributed by atoms with van der Waals surface area (Å²) >= 11 is 6.40. The normalized spacial score (nSPS) is 12.6. The number of halogens is 2. The highest BCUT2D eigenvalue weighted by atomic mass is 35.5. The first kappa shape index (κ1) is 21.4. The van der Waals surface area contributed by atoms with Crippen LogP contribution in [-0.4, -0.2) is 36.5 Å². The lowest BCUT2D eigenvalue weighted by Crippen LogP contribution is -2.10. The molecule has 0 aliphatic heterocycles. The van der Waals surface area contributed by atoms with Crippen molar-refractivity contribution >= 4 is 17.1 Å². The van der Waals surface area contributed by atoms with Gasteiger partial charge in [0.25, 0.3) is 0 Å². The summed E-state index contributed by atoms with van der Waals surface area (Å²) in [6.07, 6.45) is 4.77. The maximum atomic E-state index is 13.1. The van der Waals surface area contributed by atoms with Crippen LogP contribution in [0.2, 0.25) is 5.02 Å². The van der Waals surface area contributed by atoms with Crippen molar-refractivity contribution in [3.05, 3.63) is 70.1 Å². The van der Waals surface area contributed by atoms with Gasteiger partial charge in [-0.15, -0.1) is 0 Å². The van der Waals surface area contributed by atoms with E-state index in [9.17, 15) is 9.50 Å². The standard InChI is InChI=1S/C22H24ClFN6O/c1-13-19(11-25-2)29(3)28-21(13)15-8-14(22-17(23)10-27-30(22)12-15)4-7-20(31)18-6-5-16(24)9-26-18/h5-6,8-10,12,20,25,31H,4,7,11H2,1-3H3.